The summed E-state index contributed by atoms with van der Waals surface area (Å²) in [6, 6.07) is 9.51. The van der Waals surface area contributed by atoms with Crippen molar-refractivity contribution in [3.8, 4) is 6.07 Å². The SMILES string of the molecule is N#Cc1ccc2c(c1)cc1n2CCC1=O. The highest BCUT2D eigenvalue weighted by Gasteiger charge is 2.21. The maximum Gasteiger partial charge on any atom is 0.181 e. The Bertz CT molecular complexity index is 616. The van der Waals surface area contributed by atoms with Crippen LogP contribution in [0.25, 0.3) is 10.9 Å². The zero-order valence-electron chi connectivity index (χ0n) is 8.03. The van der Waals surface area contributed by atoms with Gasteiger partial charge in [0, 0.05) is 23.9 Å². The molecule has 0 saturated heterocycles. The van der Waals surface area contributed by atoms with Gasteiger partial charge in [-0.3, -0.25) is 4.79 Å². The first kappa shape index (κ1) is 8.25. The third-order valence-electron chi connectivity index (χ3n) is 2.88. The molecular formula is C12H8N2O. The Hall–Kier alpha value is -2.08. The van der Waals surface area contributed by atoms with Gasteiger partial charge in [-0.1, -0.05) is 0 Å². The third kappa shape index (κ3) is 1.02. The average Bonchev–Trinajstić information content (AvgIpc) is 2.78. The minimum atomic E-state index is 0.199. The zero-order chi connectivity index (χ0) is 10.4. The third-order valence-corrected chi connectivity index (χ3v) is 2.88. The summed E-state index contributed by atoms with van der Waals surface area (Å²) >= 11 is 0. The van der Waals surface area contributed by atoms with E-state index in [1.54, 1.807) is 6.07 Å². The first-order chi connectivity index (χ1) is 7.29. The van der Waals surface area contributed by atoms with Gasteiger partial charge >= 0.3 is 0 Å². The van der Waals surface area contributed by atoms with Crippen LogP contribution in [-0.4, -0.2) is 10.4 Å². The Morgan fingerprint density at radius 2 is 2.20 bits per heavy atom. The van der Waals surface area contributed by atoms with E-state index in [-0.39, 0.29) is 5.78 Å². The van der Waals surface area contributed by atoms with Crippen molar-refractivity contribution >= 4 is 16.7 Å². The summed E-state index contributed by atoms with van der Waals surface area (Å²) in [5.74, 6) is 0.199. The lowest BCUT2D eigenvalue weighted by atomic mass is 10.1. The largest absolute Gasteiger partial charge is 0.338 e. The van der Waals surface area contributed by atoms with Crippen LogP contribution in [0.2, 0.25) is 0 Å². The van der Waals surface area contributed by atoms with Crippen LogP contribution >= 0.6 is 0 Å². The molecule has 0 atom stereocenters. The highest BCUT2D eigenvalue weighted by Crippen LogP contribution is 2.26. The van der Waals surface area contributed by atoms with Gasteiger partial charge in [-0.2, -0.15) is 5.26 Å². The van der Waals surface area contributed by atoms with Gasteiger partial charge in [0.05, 0.1) is 17.3 Å². The summed E-state index contributed by atoms with van der Waals surface area (Å²) in [6.45, 7) is 0.767. The van der Waals surface area contributed by atoms with Crippen LogP contribution in [0.4, 0.5) is 0 Å². The quantitative estimate of drug-likeness (QED) is 0.647. The van der Waals surface area contributed by atoms with Gasteiger partial charge in [0.25, 0.3) is 0 Å². The monoisotopic (exact) mass is 196 g/mol. The van der Waals surface area contributed by atoms with E-state index in [0.717, 1.165) is 23.1 Å². The molecule has 1 aromatic carbocycles. The molecule has 0 fully saturated rings. The number of nitrogens with zero attached hydrogens (tertiary/aromatic N) is 2. The van der Waals surface area contributed by atoms with E-state index >= 15 is 0 Å². The first-order valence-corrected chi connectivity index (χ1v) is 4.86. The van der Waals surface area contributed by atoms with Crippen molar-refractivity contribution in [2.24, 2.45) is 0 Å². The van der Waals surface area contributed by atoms with Crippen molar-refractivity contribution in [2.75, 3.05) is 0 Å². The Morgan fingerprint density at radius 1 is 1.33 bits per heavy atom. The number of ketones is 1. The molecule has 2 heterocycles. The maximum atomic E-state index is 11.5. The van der Waals surface area contributed by atoms with Gasteiger partial charge in [0.15, 0.2) is 5.78 Å². The minimum Gasteiger partial charge on any atom is -0.338 e. The summed E-state index contributed by atoms with van der Waals surface area (Å²) in [7, 11) is 0. The standard InChI is InChI=1S/C12H8N2O/c13-7-8-1-2-10-9(5-8)6-11-12(15)3-4-14(10)11/h1-2,5-6H,3-4H2. The van der Waals surface area contributed by atoms with Crippen LogP contribution in [0.3, 0.4) is 0 Å². The molecule has 2 aromatic rings. The van der Waals surface area contributed by atoms with E-state index in [4.69, 9.17) is 5.26 Å². The maximum absolute atomic E-state index is 11.5. The summed E-state index contributed by atoms with van der Waals surface area (Å²) in [5, 5.41) is 9.76. The van der Waals surface area contributed by atoms with Gasteiger partial charge in [0.1, 0.15) is 0 Å². The summed E-state index contributed by atoms with van der Waals surface area (Å²) < 4.78 is 2.03. The number of rotatable bonds is 0. The molecule has 0 radical (unpaired) electrons. The molecule has 0 saturated carbocycles. The van der Waals surface area contributed by atoms with Crippen molar-refractivity contribution in [1.29, 1.82) is 5.26 Å². The highest BCUT2D eigenvalue weighted by molar-refractivity contribution is 6.02. The Labute approximate surface area is 86.5 Å². The van der Waals surface area contributed by atoms with Crippen molar-refractivity contribution in [3.05, 3.63) is 35.5 Å². The number of fused-ring (bicyclic) bond motifs is 3. The van der Waals surface area contributed by atoms with Crippen LogP contribution in [0.1, 0.15) is 22.5 Å². The van der Waals surface area contributed by atoms with Crippen LogP contribution in [0, 0.1) is 11.3 Å². The van der Waals surface area contributed by atoms with Crippen molar-refractivity contribution in [2.45, 2.75) is 13.0 Å². The predicted molar refractivity (Wildman–Crippen MR) is 55.6 cm³/mol. The fourth-order valence-corrected chi connectivity index (χ4v) is 2.15. The lowest BCUT2D eigenvalue weighted by Crippen LogP contribution is -1.91. The molecule has 3 nitrogen and oxygen atoms in total. The summed E-state index contributed by atoms with van der Waals surface area (Å²) in [6.07, 6.45) is 0.602. The zero-order valence-corrected chi connectivity index (χ0v) is 8.03. The van der Waals surface area contributed by atoms with E-state index in [2.05, 4.69) is 6.07 Å². The molecule has 0 spiro atoms. The number of aryl methyl sites for hydroxylation is 1. The second kappa shape index (κ2) is 2.71. The van der Waals surface area contributed by atoms with Crippen molar-refractivity contribution in [1.82, 2.24) is 4.57 Å². The lowest BCUT2D eigenvalue weighted by Gasteiger charge is -1.98. The summed E-state index contributed by atoms with van der Waals surface area (Å²) in [5.41, 5.74) is 2.47. The average molecular weight is 196 g/mol. The van der Waals surface area contributed by atoms with E-state index < -0.39 is 0 Å². The van der Waals surface area contributed by atoms with Gasteiger partial charge in [-0.05, 0) is 24.3 Å². The number of benzene rings is 1. The first-order valence-electron chi connectivity index (χ1n) is 4.86. The number of carbonyl (C=O) groups excluding carboxylic acids is 1. The second-order valence-corrected chi connectivity index (χ2v) is 3.74. The van der Waals surface area contributed by atoms with Crippen LogP contribution in [0.5, 0.6) is 0 Å². The van der Waals surface area contributed by atoms with E-state index in [9.17, 15) is 4.79 Å². The normalized spacial score (nSPS) is 14.2. The molecule has 0 bridgehead atoms. The Kier molecular flexibility index (Phi) is 1.49. The van der Waals surface area contributed by atoms with Crippen LogP contribution < -0.4 is 0 Å². The number of aromatic nitrogens is 1. The topological polar surface area (TPSA) is 45.8 Å². The van der Waals surface area contributed by atoms with Crippen molar-refractivity contribution in [3.63, 3.8) is 0 Å². The molecular weight excluding hydrogens is 188 g/mol. The molecule has 0 amide bonds. The number of hydrogen-bond donors (Lipinski definition) is 0. The molecule has 0 aliphatic carbocycles. The molecule has 72 valence electrons. The van der Waals surface area contributed by atoms with E-state index in [0.29, 0.717) is 12.0 Å². The molecule has 1 aliphatic heterocycles. The lowest BCUT2D eigenvalue weighted by molar-refractivity contribution is 0.0994. The molecule has 15 heavy (non-hydrogen) atoms. The molecule has 0 N–H and O–H groups in total. The van der Waals surface area contributed by atoms with Gasteiger partial charge in [-0.15, -0.1) is 0 Å². The van der Waals surface area contributed by atoms with Crippen molar-refractivity contribution < 1.29 is 4.79 Å². The Balaban J connectivity index is 2.35. The number of Topliss-reactive ketones (excluding diaryl/α,β-unsaturated/α-hetero) is 1. The molecule has 1 aromatic heterocycles. The molecule has 1 aliphatic rings. The van der Waals surface area contributed by atoms with E-state index in [1.807, 2.05) is 22.8 Å². The second-order valence-electron chi connectivity index (χ2n) is 3.74. The number of nitriles is 1. The van der Waals surface area contributed by atoms with E-state index in [1.165, 1.54) is 0 Å². The minimum absolute atomic E-state index is 0.199. The fraction of sp³-hybridized carbons (Fsp3) is 0.167. The molecule has 3 heteroatoms. The highest BCUT2D eigenvalue weighted by atomic mass is 16.1. The Morgan fingerprint density at radius 3 is 3.00 bits per heavy atom. The fourth-order valence-electron chi connectivity index (χ4n) is 2.15. The predicted octanol–water partition coefficient (Wildman–Crippen LogP) is 2.10. The molecule has 3 rings (SSSR count). The van der Waals surface area contributed by atoms with Crippen LogP contribution in [0.15, 0.2) is 24.3 Å². The van der Waals surface area contributed by atoms with Gasteiger partial charge < -0.3 is 4.57 Å². The smallest absolute Gasteiger partial charge is 0.181 e. The summed E-state index contributed by atoms with van der Waals surface area (Å²) in [4.78, 5) is 11.5. The number of hydrogen-bond acceptors (Lipinski definition) is 2. The van der Waals surface area contributed by atoms with Crippen LogP contribution in [-0.2, 0) is 6.54 Å². The van der Waals surface area contributed by atoms with Gasteiger partial charge in [-0.25, -0.2) is 0 Å². The molecule has 0 unspecified atom stereocenters. The number of carbonyl (C=O) groups is 1. The van der Waals surface area contributed by atoms with Gasteiger partial charge in [0.2, 0.25) is 0 Å².